The fraction of sp³-hybridized carbons (Fsp3) is 0.192. The SMILES string of the molecule is Cc1cccc(NC(=O)COC(=O)CCC(=O)Nc2ccc(Sc3ccc(Cl)cc3)cc2)c1C. The highest BCUT2D eigenvalue weighted by molar-refractivity contribution is 7.99. The third-order valence-corrected chi connectivity index (χ3v) is 6.25. The Morgan fingerprint density at radius 1 is 0.824 bits per heavy atom. The molecule has 0 unspecified atom stereocenters. The van der Waals surface area contributed by atoms with E-state index < -0.39 is 18.5 Å². The first kappa shape index (κ1) is 25.3. The second kappa shape index (κ2) is 12.3. The smallest absolute Gasteiger partial charge is 0.306 e. The van der Waals surface area contributed by atoms with Crippen molar-refractivity contribution in [1.29, 1.82) is 0 Å². The molecule has 0 atom stereocenters. The zero-order valence-electron chi connectivity index (χ0n) is 18.9. The third kappa shape index (κ3) is 7.93. The Balaban J connectivity index is 1.37. The quantitative estimate of drug-likeness (QED) is 0.354. The van der Waals surface area contributed by atoms with Gasteiger partial charge in [-0.3, -0.25) is 14.4 Å². The Kier molecular flexibility index (Phi) is 9.13. The minimum Gasteiger partial charge on any atom is -0.456 e. The van der Waals surface area contributed by atoms with E-state index in [-0.39, 0.29) is 18.7 Å². The molecule has 0 saturated carbocycles. The predicted octanol–water partition coefficient (Wildman–Crippen LogP) is 6.01. The molecular weight excluding hydrogens is 472 g/mol. The Hall–Kier alpha value is -3.29. The zero-order chi connectivity index (χ0) is 24.5. The number of anilines is 2. The van der Waals surface area contributed by atoms with E-state index in [9.17, 15) is 14.4 Å². The first-order chi connectivity index (χ1) is 16.3. The number of aryl methyl sites for hydroxylation is 1. The van der Waals surface area contributed by atoms with Crippen LogP contribution in [0.4, 0.5) is 11.4 Å². The summed E-state index contributed by atoms with van der Waals surface area (Å²) in [7, 11) is 0. The minimum absolute atomic E-state index is 0.0429. The summed E-state index contributed by atoms with van der Waals surface area (Å²) in [5.74, 6) is -1.35. The van der Waals surface area contributed by atoms with E-state index in [0.717, 1.165) is 20.9 Å². The average molecular weight is 497 g/mol. The molecule has 6 nitrogen and oxygen atoms in total. The van der Waals surface area contributed by atoms with E-state index in [1.807, 2.05) is 62.4 Å². The number of hydrogen-bond acceptors (Lipinski definition) is 5. The maximum Gasteiger partial charge on any atom is 0.306 e. The summed E-state index contributed by atoms with van der Waals surface area (Å²) in [4.78, 5) is 38.2. The molecule has 3 aromatic rings. The van der Waals surface area contributed by atoms with Crippen LogP contribution in [-0.2, 0) is 19.1 Å². The van der Waals surface area contributed by atoms with Crippen LogP contribution in [0.25, 0.3) is 0 Å². The van der Waals surface area contributed by atoms with Crippen LogP contribution < -0.4 is 10.6 Å². The van der Waals surface area contributed by atoms with E-state index in [1.54, 1.807) is 30.0 Å². The predicted molar refractivity (Wildman–Crippen MR) is 135 cm³/mol. The second-order valence-electron chi connectivity index (χ2n) is 7.58. The number of carbonyl (C=O) groups excluding carboxylic acids is 3. The third-order valence-electron chi connectivity index (χ3n) is 4.99. The van der Waals surface area contributed by atoms with Gasteiger partial charge in [-0.15, -0.1) is 0 Å². The number of amides is 2. The van der Waals surface area contributed by atoms with Crippen molar-refractivity contribution in [2.24, 2.45) is 0 Å². The van der Waals surface area contributed by atoms with Crippen molar-refractivity contribution < 1.29 is 19.1 Å². The van der Waals surface area contributed by atoms with Crippen molar-refractivity contribution in [2.75, 3.05) is 17.2 Å². The highest BCUT2D eigenvalue weighted by atomic mass is 35.5. The van der Waals surface area contributed by atoms with Gasteiger partial charge < -0.3 is 15.4 Å². The van der Waals surface area contributed by atoms with Crippen LogP contribution in [0.15, 0.2) is 76.5 Å². The lowest BCUT2D eigenvalue weighted by atomic mass is 10.1. The molecule has 0 aliphatic rings. The van der Waals surface area contributed by atoms with Gasteiger partial charge in [0.15, 0.2) is 6.61 Å². The molecule has 3 rings (SSSR count). The second-order valence-corrected chi connectivity index (χ2v) is 9.17. The standard InChI is InChI=1S/C26H25ClN2O4S/c1-17-4-3-5-23(18(17)2)29-25(31)16-33-26(32)15-14-24(30)28-20-8-12-22(13-9-20)34-21-10-6-19(27)7-11-21/h3-13H,14-16H2,1-2H3,(H,28,30)(H,29,31). The van der Waals surface area contributed by atoms with Crippen molar-refractivity contribution in [3.63, 3.8) is 0 Å². The largest absolute Gasteiger partial charge is 0.456 e. The molecule has 2 N–H and O–H groups in total. The van der Waals surface area contributed by atoms with Gasteiger partial charge in [0.05, 0.1) is 6.42 Å². The fourth-order valence-electron chi connectivity index (χ4n) is 2.98. The molecule has 2 amide bonds. The lowest BCUT2D eigenvalue weighted by Crippen LogP contribution is -2.22. The molecule has 176 valence electrons. The van der Waals surface area contributed by atoms with Crippen LogP contribution in [0.2, 0.25) is 5.02 Å². The van der Waals surface area contributed by atoms with Gasteiger partial charge >= 0.3 is 5.97 Å². The van der Waals surface area contributed by atoms with E-state index in [4.69, 9.17) is 16.3 Å². The molecule has 0 fully saturated rings. The van der Waals surface area contributed by atoms with E-state index in [1.165, 1.54) is 0 Å². The maximum absolute atomic E-state index is 12.2. The van der Waals surface area contributed by atoms with Gasteiger partial charge in [-0.1, -0.05) is 35.5 Å². The van der Waals surface area contributed by atoms with Crippen LogP contribution in [-0.4, -0.2) is 24.4 Å². The number of carbonyl (C=O) groups is 3. The molecule has 0 aliphatic carbocycles. The first-order valence-electron chi connectivity index (χ1n) is 10.6. The Bertz CT molecular complexity index is 1160. The van der Waals surface area contributed by atoms with Gasteiger partial charge in [0.2, 0.25) is 5.91 Å². The van der Waals surface area contributed by atoms with Crippen molar-refractivity contribution in [3.8, 4) is 0 Å². The lowest BCUT2D eigenvalue weighted by molar-refractivity contribution is -0.147. The van der Waals surface area contributed by atoms with Crippen LogP contribution in [0, 0.1) is 13.8 Å². The molecule has 3 aromatic carbocycles. The van der Waals surface area contributed by atoms with E-state index >= 15 is 0 Å². The van der Waals surface area contributed by atoms with Gasteiger partial charge in [0.25, 0.3) is 5.91 Å². The van der Waals surface area contributed by atoms with Crippen LogP contribution in [0.3, 0.4) is 0 Å². The van der Waals surface area contributed by atoms with Gasteiger partial charge in [-0.05, 0) is 79.6 Å². The number of esters is 1. The van der Waals surface area contributed by atoms with Crippen molar-refractivity contribution in [1.82, 2.24) is 0 Å². The number of halogens is 1. The van der Waals surface area contributed by atoms with Crippen molar-refractivity contribution in [3.05, 3.63) is 82.9 Å². The molecule has 0 heterocycles. The summed E-state index contributed by atoms with van der Waals surface area (Å²) in [5.41, 5.74) is 3.32. The number of hydrogen-bond donors (Lipinski definition) is 2. The maximum atomic E-state index is 12.2. The summed E-state index contributed by atoms with van der Waals surface area (Å²) in [6.45, 7) is 3.45. The van der Waals surface area contributed by atoms with E-state index in [2.05, 4.69) is 10.6 Å². The van der Waals surface area contributed by atoms with Crippen molar-refractivity contribution in [2.45, 2.75) is 36.5 Å². The molecule has 0 saturated heterocycles. The fourth-order valence-corrected chi connectivity index (χ4v) is 3.92. The summed E-state index contributed by atoms with van der Waals surface area (Å²) in [5, 5.41) is 6.16. The molecular formula is C26H25ClN2O4S. The molecule has 34 heavy (non-hydrogen) atoms. The minimum atomic E-state index is -0.610. The lowest BCUT2D eigenvalue weighted by Gasteiger charge is -2.10. The topological polar surface area (TPSA) is 84.5 Å². The molecule has 0 spiro atoms. The summed E-state index contributed by atoms with van der Waals surface area (Å²) in [6, 6.07) is 20.5. The summed E-state index contributed by atoms with van der Waals surface area (Å²) < 4.78 is 4.98. The average Bonchev–Trinajstić information content (AvgIpc) is 2.82. The van der Waals surface area contributed by atoms with Crippen LogP contribution in [0.1, 0.15) is 24.0 Å². The number of rotatable bonds is 9. The molecule has 0 aromatic heterocycles. The van der Waals surface area contributed by atoms with Gasteiger partial charge in [0, 0.05) is 32.6 Å². The summed E-state index contributed by atoms with van der Waals surface area (Å²) >= 11 is 7.49. The molecule has 0 radical (unpaired) electrons. The van der Waals surface area contributed by atoms with Gasteiger partial charge in [-0.2, -0.15) is 0 Å². The number of ether oxygens (including phenoxy) is 1. The zero-order valence-corrected chi connectivity index (χ0v) is 20.5. The number of nitrogens with one attached hydrogen (secondary N) is 2. The van der Waals surface area contributed by atoms with Crippen molar-refractivity contribution >= 4 is 52.5 Å². The van der Waals surface area contributed by atoms with Gasteiger partial charge in [0.1, 0.15) is 0 Å². The Morgan fingerprint density at radius 3 is 2.15 bits per heavy atom. The summed E-state index contributed by atoms with van der Waals surface area (Å²) in [6.07, 6.45) is -0.161. The molecule has 8 heteroatoms. The highest BCUT2D eigenvalue weighted by Gasteiger charge is 2.12. The Morgan fingerprint density at radius 2 is 1.47 bits per heavy atom. The monoisotopic (exact) mass is 496 g/mol. The normalized spacial score (nSPS) is 10.4. The molecule has 0 aliphatic heterocycles. The van der Waals surface area contributed by atoms with Crippen LogP contribution in [0.5, 0.6) is 0 Å². The van der Waals surface area contributed by atoms with E-state index in [0.29, 0.717) is 16.4 Å². The van der Waals surface area contributed by atoms with Gasteiger partial charge in [-0.25, -0.2) is 0 Å². The Labute approximate surface area is 208 Å². The first-order valence-corrected chi connectivity index (χ1v) is 11.8. The number of benzene rings is 3. The molecule has 0 bridgehead atoms. The van der Waals surface area contributed by atoms with Crippen LogP contribution >= 0.6 is 23.4 Å². The highest BCUT2D eigenvalue weighted by Crippen LogP contribution is 2.29.